The van der Waals surface area contributed by atoms with Gasteiger partial charge in [-0.3, -0.25) is 0 Å². The van der Waals surface area contributed by atoms with Gasteiger partial charge in [-0.25, -0.2) is 8.42 Å². The number of aliphatic hydroxyl groups is 1. The lowest BCUT2D eigenvalue weighted by Gasteiger charge is -2.35. The standard InChI is InChI=1S/C12H19NO4S2/c1-9-3-4-13(6-11(9)17-2)19(15,16)12-5-10(7-14)8-18-12/h5,8-9,11,14H,3-4,6-7H2,1-2H3. The maximum atomic E-state index is 12.5. The lowest BCUT2D eigenvalue weighted by Crippen LogP contribution is -2.46. The van der Waals surface area contributed by atoms with Crippen LogP contribution in [0.25, 0.3) is 0 Å². The maximum absolute atomic E-state index is 12.5. The number of nitrogens with zero attached hydrogens (tertiary/aromatic N) is 1. The van der Waals surface area contributed by atoms with Crippen molar-refractivity contribution in [2.24, 2.45) is 5.92 Å². The second-order valence-corrected chi connectivity index (χ2v) is 7.91. The molecule has 0 aromatic carbocycles. The Morgan fingerprint density at radius 3 is 2.89 bits per heavy atom. The summed E-state index contributed by atoms with van der Waals surface area (Å²) in [5.41, 5.74) is 0.636. The Bertz CT molecular complexity index is 526. The average molecular weight is 305 g/mol. The molecule has 19 heavy (non-hydrogen) atoms. The fourth-order valence-corrected chi connectivity index (χ4v) is 5.05. The highest BCUT2D eigenvalue weighted by molar-refractivity contribution is 7.91. The first-order valence-corrected chi connectivity index (χ1v) is 8.52. The monoisotopic (exact) mass is 305 g/mol. The predicted molar refractivity (Wildman–Crippen MR) is 73.6 cm³/mol. The SMILES string of the molecule is COC1CN(S(=O)(=O)c2cc(CO)cs2)CCC1C. The van der Waals surface area contributed by atoms with Gasteiger partial charge in [0.1, 0.15) is 4.21 Å². The Balaban J connectivity index is 2.20. The van der Waals surface area contributed by atoms with E-state index < -0.39 is 10.0 Å². The van der Waals surface area contributed by atoms with Gasteiger partial charge in [0.05, 0.1) is 12.7 Å². The summed E-state index contributed by atoms with van der Waals surface area (Å²) < 4.78 is 32.1. The maximum Gasteiger partial charge on any atom is 0.252 e. The molecule has 1 saturated heterocycles. The van der Waals surface area contributed by atoms with Crippen molar-refractivity contribution in [3.63, 3.8) is 0 Å². The molecule has 108 valence electrons. The summed E-state index contributed by atoms with van der Waals surface area (Å²) >= 11 is 1.15. The fraction of sp³-hybridized carbons (Fsp3) is 0.667. The zero-order valence-corrected chi connectivity index (χ0v) is 12.7. The highest BCUT2D eigenvalue weighted by atomic mass is 32.2. The third kappa shape index (κ3) is 3.00. The normalized spacial score (nSPS) is 25.6. The second-order valence-electron chi connectivity index (χ2n) is 4.84. The van der Waals surface area contributed by atoms with Gasteiger partial charge < -0.3 is 9.84 Å². The van der Waals surface area contributed by atoms with Crippen LogP contribution in [0, 0.1) is 5.92 Å². The number of ether oxygens (including phenoxy) is 1. The van der Waals surface area contributed by atoms with E-state index in [1.54, 1.807) is 18.6 Å². The van der Waals surface area contributed by atoms with Crippen molar-refractivity contribution < 1.29 is 18.3 Å². The molecule has 1 aromatic rings. The zero-order valence-electron chi connectivity index (χ0n) is 11.1. The Labute approximate surface area is 117 Å². The van der Waals surface area contributed by atoms with Gasteiger partial charge in [-0.15, -0.1) is 11.3 Å². The first-order valence-electron chi connectivity index (χ1n) is 6.20. The molecule has 1 N–H and O–H groups in total. The summed E-state index contributed by atoms with van der Waals surface area (Å²) in [6.45, 7) is 2.86. The molecule has 2 atom stereocenters. The van der Waals surface area contributed by atoms with Crippen LogP contribution in [0.1, 0.15) is 18.9 Å². The molecule has 7 heteroatoms. The summed E-state index contributed by atoms with van der Waals surface area (Å²) in [6.07, 6.45) is 0.747. The molecule has 0 aliphatic carbocycles. The van der Waals surface area contributed by atoms with Crippen LogP contribution in [0.5, 0.6) is 0 Å². The fourth-order valence-electron chi connectivity index (χ4n) is 2.23. The highest BCUT2D eigenvalue weighted by Crippen LogP contribution is 2.28. The molecule has 0 spiro atoms. The first-order chi connectivity index (χ1) is 8.98. The van der Waals surface area contributed by atoms with E-state index in [4.69, 9.17) is 9.84 Å². The third-order valence-corrected chi connectivity index (χ3v) is 6.89. The first kappa shape index (κ1) is 14.9. The Hall–Kier alpha value is -0.470. The number of methoxy groups -OCH3 is 1. The van der Waals surface area contributed by atoms with Crippen LogP contribution >= 0.6 is 11.3 Å². The van der Waals surface area contributed by atoms with Crippen molar-refractivity contribution >= 4 is 21.4 Å². The Morgan fingerprint density at radius 2 is 2.32 bits per heavy atom. The van der Waals surface area contributed by atoms with Crippen LogP contribution in [0.2, 0.25) is 0 Å². The number of rotatable bonds is 4. The van der Waals surface area contributed by atoms with Gasteiger partial charge in [0, 0.05) is 20.2 Å². The molecule has 0 amide bonds. The zero-order chi connectivity index (χ0) is 14.0. The van der Waals surface area contributed by atoms with Gasteiger partial charge in [-0.2, -0.15) is 4.31 Å². The van der Waals surface area contributed by atoms with Crippen LogP contribution in [-0.2, 0) is 21.4 Å². The van der Waals surface area contributed by atoms with Crippen LogP contribution < -0.4 is 0 Å². The molecular weight excluding hydrogens is 286 g/mol. The summed E-state index contributed by atoms with van der Waals surface area (Å²) in [5.74, 6) is 0.368. The van der Waals surface area contributed by atoms with Gasteiger partial charge in [0.2, 0.25) is 0 Å². The molecular formula is C12H19NO4S2. The lowest BCUT2D eigenvalue weighted by atomic mass is 9.97. The van der Waals surface area contributed by atoms with Gasteiger partial charge in [-0.1, -0.05) is 6.92 Å². The molecule has 1 aliphatic heterocycles. The molecule has 1 aromatic heterocycles. The number of thiophene rings is 1. The number of hydrogen-bond donors (Lipinski definition) is 1. The number of sulfonamides is 1. The van der Waals surface area contributed by atoms with Crippen molar-refractivity contribution in [1.29, 1.82) is 0 Å². The molecule has 5 nitrogen and oxygen atoms in total. The summed E-state index contributed by atoms with van der Waals surface area (Å²) in [4.78, 5) is 0. The van der Waals surface area contributed by atoms with Gasteiger partial charge in [0.25, 0.3) is 10.0 Å². The largest absolute Gasteiger partial charge is 0.392 e. The van der Waals surface area contributed by atoms with E-state index in [1.807, 2.05) is 0 Å². The highest BCUT2D eigenvalue weighted by Gasteiger charge is 2.34. The number of piperidine rings is 1. The Morgan fingerprint density at radius 1 is 1.58 bits per heavy atom. The minimum atomic E-state index is -3.46. The van der Waals surface area contributed by atoms with E-state index in [2.05, 4.69) is 6.92 Å². The van der Waals surface area contributed by atoms with Gasteiger partial charge in [-0.05, 0) is 29.3 Å². The average Bonchev–Trinajstić information content (AvgIpc) is 2.88. The topological polar surface area (TPSA) is 66.8 Å². The predicted octanol–water partition coefficient (Wildman–Crippen LogP) is 1.29. The van der Waals surface area contributed by atoms with Crippen LogP contribution in [0.15, 0.2) is 15.7 Å². The van der Waals surface area contributed by atoms with E-state index in [9.17, 15) is 8.42 Å². The minimum absolute atomic E-state index is 0.0548. The molecule has 0 saturated carbocycles. The quantitative estimate of drug-likeness (QED) is 0.910. The van der Waals surface area contributed by atoms with E-state index in [0.29, 0.717) is 28.8 Å². The van der Waals surface area contributed by atoms with Crippen LogP contribution in [0.4, 0.5) is 0 Å². The molecule has 1 aliphatic rings. The van der Waals surface area contributed by atoms with Crippen molar-refractivity contribution in [2.45, 2.75) is 30.3 Å². The van der Waals surface area contributed by atoms with Gasteiger partial charge in [0.15, 0.2) is 0 Å². The molecule has 2 unspecified atom stereocenters. The molecule has 0 bridgehead atoms. The molecule has 1 fully saturated rings. The number of hydrogen-bond acceptors (Lipinski definition) is 5. The third-order valence-electron chi connectivity index (χ3n) is 3.56. The van der Waals surface area contributed by atoms with Crippen molar-refractivity contribution in [1.82, 2.24) is 4.31 Å². The van der Waals surface area contributed by atoms with E-state index in [1.165, 1.54) is 4.31 Å². The number of aliphatic hydroxyl groups excluding tert-OH is 1. The van der Waals surface area contributed by atoms with Crippen molar-refractivity contribution in [2.75, 3.05) is 20.2 Å². The van der Waals surface area contributed by atoms with E-state index in [0.717, 1.165) is 17.8 Å². The van der Waals surface area contributed by atoms with Gasteiger partial charge >= 0.3 is 0 Å². The van der Waals surface area contributed by atoms with Crippen LogP contribution in [-0.4, -0.2) is 44.1 Å². The smallest absolute Gasteiger partial charge is 0.252 e. The lowest BCUT2D eigenvalue weighted by molar-refractivity contribution is 0.0184. The van der Waals surface area contributed by atoms with E-state index >= 15 is 0 Å². The summed E-state index contributed by atoms with van der Waals surface area (Å²) in [6, 6.07) is 1.54. The second kappa shape index (κ2) is 5.88. The molecule has 2 heterocycles. The molecule has 0 radical (unpaired) electrons. The van der Waals surface area contributed by atoms with Crippen molar-refractivity contribution in [3.8, 4) is 0 Å². The minimum Gasteiger partial charge on any atom is -0.392 e. The summed E-state index contributed by atoms with van der Waals surface area (Å²) in [5, 5.41) is 10.7. The Kier molecular flexibility index (Phi) is 4.62. The van der Waals surface area contributed by atoms with Crippen LogP contribution in [0.3, 0.4) is 0 Å². The van der Waals surface area contributed by atoms with Crippen molar-refractivity contribution in [3.05, 3.63) is 17.0 Å². The molecule has 2 rings (SSSR count). The summed E-state index contributed by atoms with van der Waals surface area (Å²) in [7, 11) is -1.84. The van der Waals surface area contributed by atoms with E-state index in [-0.39, 0.29) is 12.7 Å².